The number of nitrogens with one attached hydrogen (secondary N) is 1. The van der Waals surface area contributed by atoms with Gasteiger partial charge in [-0.2, -0.15) is 0 Å². The van der Waals surface area contributed by atoms with Crippen molar-refractivity contribution >= 4 is 0 Å². The Bertz CT molecular complexity index is 300. The van der Waals surface area contributed by atoms with E-state index >= 15 is 0 Å². The molecule has 0 saturated heterocycles. The summed E-state index contributed by atoms with van der Waals surface area (Å²) in [7, 11) is 2.03. The van der Waals surface area contributed by atoms with Crippen LogP contribution >= 0.6 is 0 Å². The minimum absolute atomic E-state index is 0.845. The predicted octanol–water partition coefficient (Wildman–Crippen LogP) is 3.11. The van der Waals surface area contributed by atoms with Crippen molar-refractivity contribution in [2.24, 2.45) is 0 Å². The fraction of sp³-hybridized carbons (Fsp3) is 0.571. The van der Waals surface area contributed by atoms with Crippen LogP contribution in [0.4, 0.5) is 0 Å². The first-order valence-corrected chi connectivity index (χ1v) is 6.14. The molecule has 82 valence electrons. The van der Waals surface area contributed by atoms with Crippen molar-refractivity contribution in [1.82, 2.24) is 5.32 Å². The second kappa shape index (κ2) is 5.32. The summed E-state index contributed by atoms with van der Waals surface area (Å²) in [5.74, 6) is 0.845. The zero-order chi connectivity index (χ0) is 10.5. The van der Waals surface area contributed by atoms with Gasteiger partial charge in [-0.25, -0.2) is 0 Å². The minimum atomic E-state index is 0.845. The lowest BCUT2D eigenvalue weighted by Gasteiger charge is -2.15. The van der Waals surface area contributed by atoms with Crippen molar-refractivity contribution in [3.05, 3.63) is 35.4 Å². The molecule has 1 heteroatoms. The molecule has 0 unspecified atom stereocenters. The number of benzene rings is 1. The predicted molar refractivity (Wildman–Crippen MR) is 65.3 cm³/mol. The third-order valence-corrected chi connectivity index (χ3v) is 3.49. The highest BCUT2D eigenvalue weighted by molar-refractivity contribution is 5.31. The summed E-state index contributed by atoms with van der Waals surface area (Å²) >= 11 is 0. The number of likely N-dealkylation sites (N-methyl/N-ethyl adjacent to an activating group) is 1. The van der Waals surface area contributed by atoms with Crippen LogP contribution in [0.2, 0.25) is 0 Å². The zero-order valence-electron chi connectivity index (χ0n) is 9.63. The van der Waals surface area contributed by atoms with Crippen molar-refractivity contribution in [2.75, 3.05) is 13.6 Å². The molecule has 0 aromatic heterocycles. The van der Waals surface area contributed by atoms with E-state index in [4.69, 9.17) is 0 Å². The van der Waals surface area contributed by atoms with E-state index < -0.39 is 0 Å². The monoisotopic (exact) mass is 203 g/mol. The van der Waals surface area contributed by atoms with E-state index in [0.29, 0.717) is 0 Å². The van der Waals surface area contributed by atoms with E-state index in [0.717, 1.165) is 12.5 Å². The molecule has 1 nitrogen and oxygen atoms in total. The Morgan fingerprint density at radius 3 is 2.67 bits per heavy atom. The summed E-state index contributed by atoms with van der Waals surface area (Å²) in [5, 5.41) is 3.23. The molecule has 1 aromatic rings. The van der Waals surface area contributed by atoms with E-state index in [9.17, 15) is 0 Å². The average molecular weight is 203 g/mol. The standard InChI is InChI=1S/C14H21N/c1-15-11-10-13-8-4-5-9-14(13)12-6-2-3-7-12/h4-5,8-9,12,15H,2-3,6-7,10-11H2,1H3. The Morgan fingerprint density at radius 1 is 1.20 bits per heavy atom. The van der Waals surface area contributed by atoms with E-state index in [-0.39, 0.29) is 0 Å². The molecule has 0 aliphatic heterocycles. The third-order valence-electron chi connectivity index (χ3n) is 3.49. The molecular formula is C14H21N. The Labute approximate surface area is 92.9 Å². The fourth-order valence-electron chi connectivity index (χ4n) is 2.66. The Balaban J connectivity index is 2.13. The molecule has 0 spiro atoms. The van der Waals surface area contributed by atoms with Gasteiger partial charge in [0.15, 0.2) is 0 Å². The van der Waals surface area contributed by atoms with Crippen molar-refractivity contribution in [2.45, 2.75) is 38.0 Å². The van der Waals surface area contributed by atoms with Crippen LogP contribution in [0.15, 0.2) is 24.3 Å². The van der Waals surface area contributed by atoms with Crippen LogP contribution in [0.3, 0.4) is 0 Å². The van der Waals surface area contributed by atoms with Crippen LogP contribution in [0, 0.1) is 0 Å². The van der Waals surface area contributed by atoms with Gasteiger partial charge in [-0.15, -0.1) is 0 Å². The van der Waals surface area contributed by atoms with Gasteiger partial charge in [0.05, 0.1) is 0 Å². The van der Waals surface area contributed by atoms with Gasteiger partial charge < -0.3 is 5.32 Å². The van der Waals surface area contributed by atoms with E-state index in [1.165, 1.54) is 32.1 Å². The second-order valence-corrected chi connectivity index (χ2v) is 4.53. The normalized spacial score (nSPS) is 17.1. The number of hydrogen-bond acceptors (Lipinski definition) is 1. The second-order valence-electron chi connectivity index (χ2n) is 4.53. The van der Waals surface area contributed by atoms with Gasteiger partial charge in [0.1, 0.15) is 0 Å². The summed E-state index contributed by atoms with van der Waals surface area (Å²) < 4.78 is 0. The maximum absolute atomic E-state index is 3.23. The molecule has 0 bridgehead atoms. The average Bonchev–Trinajstić information content (AvgIpc) is 2.80. The molecule has 0 heterocycles. The Kier molecular flexibility index (Phi) is 3.79. The van der Waals surface area contributed by atoms with E-state index in [1.807, 2.05) is 7.05 Å². The van der Waals surface area contributed by atoms with E-state index in [1.54, 1.807) is 11.1 Å². The molecule has 1 aliphatic rings. The summed E-state index contributed by atoms with van der Waals surface area (Å²) in [6.07, 6.45) is 6.81. The van der Waals surface area contributed by atoms with Gasteiger partial charge >= 0.3 is 0 Å². The van der Waals surface area contributed by atoms with Crippen LogP contribution in [-0.4, -0.2) is 13.6 Å². The lowest BCUT2D eigenvalue weighted by atomic mass is 9.91. The van der Waals surface area contributed by atoms with Gasteiger partial charge in [-0.3, -0.25) is 0 Å². The summed E-state index contributed by atoms with van der Waals surface area (Å²) in [6.45, 7) is 1.09. The number of hydrogen-bond donors (Lipinski definition) is 1. The molecule has 1 fully saturated rings. The van der Waals surface area contributed by atoms with Crippen LogP contribution < -0.4 is 5.32 Å². The molecule has 0 atom stereocenters. The summed E-state index contributed by atoms with van der Waals surface area (Å²) in [5.41, 5.74) is 3.17. The largest absolute Gasteiger partial charge is 0.319 e. The number of rotatable bonds is 4. The first-order chi connectivity index (χ1) is 7.42. The SMILES string of the molecule is CNCCc1ccccc1C1CCCC1. The summed E-state index contributed by atoms with van der Waals surface area (Å²) in [4.78, 5) is 0. The summed E-state index contributed by atoms with van der Waals surface area (Å²) in [6, 6.07) is 8.99. The topological polar surface area (TPSA) is 12.0 Å². The highest BCUT2D eigenvalue weighted by atomic mass is 14.8. The van der Waals surface area contributed by atoms with Crippen LogP contribution in [0.5, 0.6) is 0 Å². The minimum Gasteiger partial charge on any atom is -0.319 e. The highest BCUT2D eigenvalue weighted by Gasteiger charge is 2.18. The quantitative estimate of drug-likeness (QED) is 0.793. The molecule has 2 rings (SSSR count). The first kappa shape index (κ1) is 10.7. The third kappa shape index (κ3) is 2.60. The van der Waals surface area contributed by atoms with Crippen molar-refractivity contribution in [1.29, 1.82) is 0 Å². The van der Waals surface area contributed by atoms with Gasteiger partial charge in [0.2, 0.25) is 0 Å². The van der Waals surface area contributed by atoms with Crippen LogP contribution in [-0.2, 0) is 6.42 Å². The zero-order valence-corrected chi connectivity index (χ0v) is 9.63. The molecule has 0 radical (unpaired) electrons. The molecular weight excluding hydrogens is 182 g/mol. The maximum atomic E-state index is 3.23. The molecule has 1 aliphatic carbocycles. The fourth-order valence-corrected chi connectivity index (χ4v) is 2.66. The Morgan fingerprint density at radius 2 is 1.93 bits per heavy atom. The maximum Gasteiger partial charge on any atom is -0.00113 e. The Hall–Kier alpha value is -0.820. The molecule has 15 heavy (non-hydrogen) atoms. The molecule has 1 saturated carbocycles. The van der Waals surface area contributed by atoms with Gasteiger partial charge in [0.25, 0.3) is 0 Å². The van der Waals surface area contributed by atoms with Gasteiger partial charge in [-0.05, 0) is 49.9 Å². The molecule has 1 aromatic carbocycles. The highest BCUT2D eigenvalue weighted by Crippen LogP contribution is 2.35. The lowest BCUT2D eigenvalue weighted by Crippen LogP contribution is -2.12. The van der Waals surface area contributed by atoms with Gasteiger partial charge in [-0.1, -0.05) is 37.1 Å². The van der Waals surface area contributed by atoms with Crippen LogP contribution in [0.1, 0.15) is 42.7 Å². The molecule has 1 N–H and O–H groups in total. The van der Waals surface area contributed by atoms with Crippen LogP contribution in [0.25, 0.3) is 0 Å². The van der Waals surface area contributed by atoms with Gasteiger partial charge in [0, 0.05) is 0 Å². The van der Waals surface area contributed by atoms with E-state index in [2.05, 4.69) is 29.6 Å². The molecule has 0 amide bonds. The van der Waals surface area contributed by atoms with Crippen molar-refractivity contribution in [3.8, 4) is 0 Å². The van der Waals surface area contributed by atoms with Crippen molar-refractivity contribution < 1.29 is 0 Å². The smallest absolute Gasteiger partial charge is 0.00113 e. The first-order valence-electron chi connectivity index (χ1n) is 6.14. The van der Waals surface area contributed by atoms with Crippen molar-refractivity contribution in [3.63, 3.8) is 0 Å². The lowest BCUT2D eigenvalue weighted by molar-refractivity contribution is 0.701.